The van der Waals surface area contributed by atoms with Crippen LogP contribution >= 0.6 is 0 Å². The van der Waals surface area contributed by atoms with Gasteiger partial charge in [-0.05, 0) is 54.5 Å². The normalized spacial score (nSPS) is 20.8. The average Bonchev–Trinajstić information content (AvgIpc) is 2.93. The van der Waals surface area contributed by atoms with Gasteiger partial charge in [0.25, 0.3) is 5.91 Å². The van der Waals surface area contributed by atoms with Crippen molar-refractivity contribution < 1.29 is 14.4 Å². The maximum atomic E-state index is 13.2. The summed E-state index contributed by atoms with van der Waals surface area (Å²) >= 11 is 0. The van der Waals surface area contributed by atoms with Crippen LogP contribution in [0.3, 0.4) is 0 Å². The van der Waals surface area contributed by atoms with Gasteiger partial charge in [-0.25, -0.2) is 4.79 Å². The van der Waals surface area contributed by atoms with Gasteiger partial charge in [-0.15, -0.1) is 0 Å². The van der Waals surface area contributed by atoms with Crippen LogP contribution in [0.5, 0.6) is 0 Å². The second-order valence-electron chi connectivity index (χ2n) is 7.34. The second kappa shape index (κ2) is 7.11. The first kappa shape index (κ1) is 18.2. The molecule has 2 N–H and O–H groups in total. The molecule has 6 heteroatoms. The molecule has 2 aromatic rings. The van der Waals surface area contributed by atoms with Gasteiger partial charge < -0.3 is 10.6 Å². The van der Waals surface area contributed by atoms with Gasteiger partial charge in [0.1, 0.15) is 12.1 Å². The Balaban J connectivity index is 1.53. The van der Waals surface area contributed by atoms with Crippen LogP contribution in [0.4, 0.5) is 10.5 Å². The zero-order chi connectivity index (χ0) is 19.7. The molecule has 1 aliphatic heterocycles. The molecule has 4 amide bonds. The van der Waals surface area contributed by atoms with Gasteiger partial charge in [-0.1, -0.05) is 43.3 Å². The van der Waals surface area contributed by atoms with Crippen molar-refractivity contribution in [1.82, 2.24) is 10.2 Å². The predicted molar refractivity (Wildman–Crippen MR) is 106 cm³/mol. The average molecular weight is 377 g/mol. The number of imide groups is 1. The summed E-state index contributed by atoms with van der Waals surface area (Å²) in [5.41, 5.74) is 2.64. The van der Waals surface area contributed by atoms with E-state index >= 15 is 0 Å². The largest absolute Gasteiger partial charge is 0.325 e. The van der Waals surface area contributed by atoms with E-state index in [0.717, 1.165) is 40.9 Å². The first-order chi connectivity index (χ1) is 13.5. The SMILES string of the molecule is CCc1cccc(NC(=O)CN2C(=O)N[C@]3(CCCc4ccccc43)C2=O)c1. The number of nitrogens with zero attached hydrogens (tertiary/aromatic N) is 1. The lowest BCUT2D eigenvalue weighted by atomic mass is 9.76. The second-order valence-corrected chi connectivity index (χ2v) is 7.34. The van der Waals surface area contributed by atoms with Crippen molar-refractivity contribution in [2.75, 3.05) is 11.9 Å². The van der Waals surface area contributed by atoms with Crippen molar-refractivity contribution in [2.45, 2.75) is 38.1 Å². The van der Waals surface area contributed by atoms with E-state index in [1.54, 1.807) is 6.07 Å². The van der Waals surface area contributed by atoms with Crippen molar-refractivity contribution in [2.24, 2.45) is 0 Å². The summed E-state index contributed by atoms with van der Waals surface area (Å²) in [4.78, 5) is 39.3. The molecule has 0 saturated carbocycles. The number of benzene rings is 2. The fraction of sp³-hybridized carbons (Fsp3) is 0.318. The van der Waals surface area contributed by atoms with Crippen LogP contribution in [0.1, 0.15) is 36.5 Å². The van der Waals surface area contributed by atoms with Gasteiger partial charge >= 0.3 is 6.03 Å². The molecule has 4 rings (SSSR count). The number of nitrogens with one attached hydrogen (secondary N) is 2. The molecule has 1 fully saturated rings. The van der Waals surface area contributed by atoms with Crippen LogP contribution in [0, 0.1) is 0 Å². The monoisotopic (exact) mass is 377 g/mol. The quantitative estimate of drug-likeness (QED) is 0.804. The number of carbonyl (C=O) groups excluding carboxylic acids is 3. The van der Waals surface area contributed by atoms with E-state index in [1.807, 2.05) is 49.4 Å². The Morgan fingerprint density at radius 2 is 2.00 bits per heavy atom. The van der Waals surface area contributed by atoms with E-state index in [-0.39, 0.29) is 12.5 Å². The topological polar surface area (TPSA) is 78.5 Å². The molecule has 2 aliphatic rings. The molecule has 28 heavy (non-hydrogen) atoms. The third-order valence-corrected chi connectivity index (χ3v) is 5.57. The highest BCUT2D eigenvalue weighted by atomic mass is 16.2. The predicted octanol–water partition coefficient (Wildman–Crippen LogP) is 2.97. The molecule has 0 aromatic heterocycles. The van der Waals surface area contributed by atoms with E-state index in [1.165, 1.54) is 0 Å². The minimum atomic E-state index is -1.05. The summed E-state index contributed by atoms with van der Waals surface area (Å²) in [5, 5.41) is 5.65. The maximum Gasteiger partial charge on any atom is 0.325 e. The summed E-state index contributed by atoms with van der Waals surface area (Å²) < 4.78 is 0. The van der Waals surface area contributed by atoms with Crippen LogP contribution in [0.25, 0.3) is 0 Å². The molecule has 0 bridgehead atoms. The third kappa shape index (κ3) is 3.05. The third-order valence-electron chi connectivity index (χ3n) is 5.57. The van der Waals surface area contributed by atoms with Gasteiger partial charge in [-0.3, -0.25) is 14.5 Å². The Morgan fingerprint density at radius 1 is 1.18 bits per heavy atom. The molecule has 6 nitrogen and oxygen atoms in total. The first-order valence-corrected chi connectivity index (χ1v) is 9.65. The van der Waals surface area contributed by atoms with E-state index < -0.39 is 17.5 Å². The summed E-state index contributed by atoms with van der Waals surface area (Å²) in [7, 11) is 0. The molecule has 2 aromatic carbocycles. The van der Waals surface area contributed by atoms with E-state index in [2.05, 4.69) is 10.6 Å². The van der Waals surface area contributed by atoms with Crippen LogP contribution in [-0.2, 0) is 28.0 Å². The van der Waals surface area contributed by atoms with Crippen molar-refractivity contribution in [1.29, 1.82) is 0 Å². The molecule has 0 radical (unpaired) electrons. The Hall–Kier alpha value is -3.15. The number of hydrogen-bond acceptors (Lipinski definition) is 3. The van der Waals surface area contributed by atoms with Gasteiger partial charge in [0, 0.05) is 5.69 Å². The zero-order valence-corrected chi connectivity index (χ0v) is 15.8. The van der Waals surface area contributed by atoms with Gasteiger partial charge in [-0.2, -0.15) is 0 Å². The number of anilines is 1. The fourth-order valence-corrected chi connectivity index (χ4v) is 4.17. The Morgan fingerprint density at radius 3 is 2.82 bits per heavy atom. The Bertz CT molecular complexity index is 956. The van der Waals surface area contributed by atoms with Crippen LogP contribution in [0.15, 0.2) is 48.5 Å². The molecule has 0 unspecified atom stereocenters. The smallest absolute Gasteiger partial charge is 0.325 e. The molecule has 1 aliphatic carbocycles. The van der Waals surface area contributed by atoms with Crippen LogP contribution < -0.4 is 10.6 Å². The van der Waals surface area contributed by atoms with E-state index in [9.17, 15) is 14.4 Å². The van der Waals surface area contributed by atoms with Crippen molar-refractivity contribution >= 4 is 23.5 Å². The van der Waals surface area contributed by atoms with E-state index in [4.69, 9.17) is 0 Å². The number of fused-ring (bicyclic) bond motifs is 2. The molecule has 1 heterocycles. The molecule has 1 saturated heterocycles. The number of hydrogen-bond donors (Lipinski definition) is 2. The summed E-state index contributed by atoms with van der Waals surface area (Å²) in [6.07, 6.45) is 3.10. The maximum absolute atomic E-state index is 13.2. The lowest BCUT2D eigenvalue weighted by Gasteiger charge is -2.33. The fourth-order valence-electron chi connectivity index (χ4n) is 4.17. The van der Waals surface area contributed by atoms with Crippen molar-refractivity contribution in [3.05, 3.63) is 65.2 Å². The number of urea groups is 1. The lowest BCUT2D eigenvalue weighted by molar-refractivity contribution is -0.134. The van der Waals surface area contributed by atoms with Gasteiger partial charge in [0.2, 0.25) is 5.91 Å². The zero-order valence-electron chi connectivity index (χ0n) is 15.8. The number of aryl methyl sites for hydroxylation is 2. The van der Waals surface area contributed by atoms with Gasteiger partial charge in [0.05, 0.1) is 0 Å². The van der Waals surface area contributed by atoms with Crippen LogP contribution in [0.2, 0.25) is 0 Å². The molecular formula is C22H23N3O3. The first-order valence-electron chi connectivity index (χ1n) is 9.65. The summed E-state index contributed by atoms with van der Waals surface area (Å²) in [6.45, 7) is 1.74. The molecule has 1 spiro atoms. The molecular weight excluding hydrogens is 354 g/mol. The van der Waals surface area contributed by atoms with Gasteiger partial charge in [0.15, 0.2) is 0 Å². The van der Waals surface area contributed by atoms with Crippen molar-refractivity contribution in [3.8, 4) is 0 Å². The van der Waals surface area contributed by atoms with Crippen LogP contribution in [-0.4, -0.2) is 29.3 Å². The highest BCUT2D eigenvalue weighted by Crippen LogP contribution is 2.39. The highest BCUT2D eigenvalue weighted by Gasteiger charge is 2.54. The minimum absolute atomic E-state index is 0.301. The minimum Gasteiger partial charge on any atom is -0.325 e. The lowest BCUT2D eigenvalue weighted by Crippen LogP contribution is -2.47. The Kier molecular flexibility index (Phi) is 4.63. The molecule has 1 atom stereocenters. The summed E-state index contributed by atoms with van der Waals surface area (Å²) in [6, 6.07) is 14.7. The number of amides is 4. The van der Waals surface area contributed by atoms with E-state index in [0.29, 0.717) is 12.1 Å². The number of rotatable bonds is 4. The standard InChI is InChI=1S/C22H23N3O3/c1-2-15-7-5-10-17(13-15)23-19(26)14-25-20(27)22(24-21(25)28)12-6-9-16-8-3-4-11-18(16)22/h3-5,7-8,10-11,13H,2,6,9,12,14H2,1H3,(H,23,26)(H,24,28)/t22-/m0/s1. The number of carbonyl (C=O) groups is 3. The van der Waals surface area contributed by atoms with Crippen molar-refractivity contribution in [3.63, 3.8) is 0 Å². The summed E-state index contributed by atoms with van der Waals surface area (Å²) in [5.74, 6) is -0.736. The Labute approximate surface area is 163 Å². The molecule has 144 valence electrons. The highest BCUT2D eigenvalue weighted by molar-refractivity contribution is 6.10.